The van der Waals surface area contributed by atoms with E-state index in [0.717, 1.165) is 22.9 Å². The Morgan fingerprint density at radius 3 is 2.95 bits per heavy atom. The zero-order valence-corrected chi connectivity index (χ0v) is 12.0. The lowest BCUT2D eigenvalue weighted by Crippen LogP contribution is -2.36. The number of carboxylic acid groups (broad SMARTS) is 1. The summed E-state index contributed by atoms with van der Waals surface area (Å²) in [5.41, 5.74) is 1.76. The Morgan fingerprint density at radius 2 is 2.25 bits per heavy atom. The van der Waals surface area contributed by atoms with Gasteiger partial charge in [-0.25, -0.2) is 0 Å². The lowest BCUT2D eigenvalue weighted by atomic mass is 10.1. The smallest absolute Gasteiger partial charge is 0.320 e. The third-order valence-corrected chi connectivity index (χ3v) is 3.54. The number of aliphatic carboxylic acids is 1. The number of pyridine rings is 1. The second kappa shape index (κ2) is 6.68. The van der Waals surface area contributed by atoms with Crippen molar-refractivity contribution in [1.29, 1.82) is 0 Å². The van der Waals surface area contributed by atoms with Gasteiger partial charge in [-0.1, -0.05) is 31.0 Å². The molecule has 0 fully saturated rings. The molecule has 1 aromatic carbocycles. The highest BCUT2D eigenvalue weighted by molar-refractivity contribution is 6.35. The summed E-state index contributed by atoms with van der Waals surface area (Å²) in [5.74, 6) is -0.821. The summed E-state index contributed by atoms with van der Waals surface area (Å²) in [7, 11) is 0. The number of hydrogen-bond donors (Lipinski definition) is 2. The molecule has 4 nitrogen and oxygen atoms in total. The maximum Gasteiger partial charge on any atom is 0.320 e. The van der Waals surface area contributed by atoms with Gasteiger partial charge in [-0.3, -0.25) is 9.78 Å². The van der Waals surface area contributed by atoms with Crippen LogP contribution in [0.1, 0.15) is 25.3 Å². The quantitative estimate of drug-likeness (QED) is 0.858. The number of carbonyl (C=O) groups is 1. The van der Waals surface area contributed by atoms with Gasteiger partial charge in [0.15, 0.2) is 0 Å². The molecule has 1 atom stereocenters. The molecular formula is C15H17ClN2O2. The van der Waals surface area contributed by atoms with Crippen LogP contribution in [0, 0.1) is 0 Å². The van der Waals surface area contributed by atoms with E-state index in [1.165, 1.54) is 0 Å². The topological polar surface area (TPSA) is 62.2 Å². The molecule has 0 aliphatic rings. The minimum absolute atomic E-state index is 0.460. The number of hydrogen-bond acceptors (Lipinski definition) is 3. The predicted octanol–water partition coefficient (Wildman–Crippen LogP) is 3.23. The first-order chi connectivity index (χ1) is 9.63. The monoisotopic (exact) mass is 292 g/mol. The molecule has 0 saturated carbocycles. The number of aromatic nitrogens is 1. The van der Waals surface area contributed by atoms with Crippen molar-refractivity contribution < 1.29 is 9.90 Å². The Bertz CT molecular complexity index is 616. The second-order valence-electron chi connectivity index (χ2n) is 4.67. The SMILES string of the molecule is CCCC(NCc1ccc(Cl)c2cccnc12)C(=O)O. The summed E-state index contributed by atoms with van der Waals surface area (Å²) >= 11 is 6.14. The highest BCUT2D eigenvalue weighted by Gasteiger charge is 2.16. The summed E-state index contributed by atoms with van der Waals surface area (Å²) in [4.78, 5) is 15.5. The van der Waals surface area contributed by atoms with E-state index >= 15 is 0 Å². The fourth-order valence-electron chi connectivity index (χ4n) is 2.17. The van der Waals surface area contributed by atoms with E-state index in [-0.39, 0.29) is 0 Å². The van der Waals surface area contributed by atoms with Crippen molar-refractivity contribution in [2.24, 2.45) is 0 Å². The second-order valence-corrected chi connectivity index (χ2v) is 5.07. The van der Waals surface area contributed by atoms with Crippen molar-refractivity contribution in [3.63, 3.8) is 0 Å². The molecule has 5 heteroatoms. The van der Waals surface area contributed by atoms with Gasteiger partial charge in [0, 0.05) is 23.2 Å². The van der Waals surface area contributed by atoms with Crippen LogP contribution in [0.2, 0.25) is 5.02 Å². The van der Waals surface area contributed by atoms with Gasteiger partial charge in [0.1, 0.15) is 6.04 Å². The lowest BCUT2D eigenvalue weighted by molar-refractivity contribution is -0.139. The van der Waals surface area contributed by atoms with E-state index in [2.05, 4.69) is 10.3 Å². The minimum Gasteiger partial charge on any atom is -0.480 e. The summed E-state index contributed by atoms with van der Waals surface area (Å²) < 4.78 is 0. The van der Waals surface area contributed by atoms with Crippen molar-refractivity contribution in [3.8, 4) is 0 Å². The molecule has 0 aliphatic heterocycles. The number of benzene rings is 1. The highest BCUT2D eigenvalue weighted by atomic mass is 35.5. The largest absolute Gasteiger partial charge is 0.480 e. The van der Waals surface area contributed by atoms with Crippen LogP contribution in [0.4, 0.5) is 0 Å². The van der Waals surface area contributed by atoms with E-state index in [0.29, 0.717) is 18.0 Å². The maximum atomic E-state index is 11.1. The van der Waals surface area contributed by atoms with Gasteiger partial charge in [0.25, 0.3) is 0 Å². The van der Waals surface area contributed by atoms with E-state index < -0.39 is 12.0 Å². The number of rotatable bonds is 6. The van der Waals surface area contributed by atoms with Crippen molar-refractivity contribution in [2.75, 3.05) is 0 Å². The number of nitrogens with zero attached hydrogens (tertiary/aromatic N) is 1. The average Bonchev–Trinajstić information content (AvgIpc) is 2.45. The van der Waals surface area contributed by atoms with E-state index in [9.17, 15) is 4.79 Å². The Morgan fingerprint density at radius 1 is 1.45 bits per heavy atom. The molecule has 0 saturated heterocycles. The molecule has 0 amide bonds. The van der Waals surface area contributed by atoms with Gasteiger partial charge >= 0.3 is 5.97 Å². The van der Waals surface area contributed by atoms with Crippen molar-refractivity contribution in [1.82, 2.24) is 10.3 Å². The average molecular weight is 293 g/mol. The molecule has 0 radical (unpaired) electrons. The summed E-state index contributed by atoms with van der Waals surface area (Å²) in [6.45, 7) is 2.43. The number of fused-ring (bicyclic) bond motifs is 1. The van der Waals surface area contributed by atoms with E-state index in [4.69, 9.17) is 16.7 Å². The van der Waals surface area contributed by atoms with Crippen LogP contribution in [0.3, 0.4) is 0 Å². The molecule has 106 valence electrons. The van der Waals surface area contributed by atoms with Crippen molar-refractivity contribution >= 4 is 28.5 Å². The van der Waals surface area contributed by atoms with Crippen LogP contribution in [-0.4, -0.2) is 22.1 Å². The third kappa shape index (κ3) is 3.26. The molecule has 1 unspecified atom stereocenters. The van der Waals surface area contributed by atoms with Gasteiger partial charge in [0.05, 0.1) is 5.52 Å². The lowest BCUT2D eigenvalue weighted by Gasteiger charge is -2.14. The van der Waals surface area contributed by atoms with Crippen LogP contribution in [0.25, 0.3) is 10.9 Å². The Balaban J connectivity index is 2.22. The number of carboxylic acids is 1. The van der Waals surface area contributed by atoms with Crippen LogP contribution in [-0.2, 0) is 11.3 Å². The molecule has 0 spiro atoms. The standard InChI is InChI=1S/C15H17ClN2O2/c1-2-4-13(15(19)20)18-9-10-6-7-12(16)11-5-3-8-17-14(10)11/h3,5-8,13,18H,2,4,9H2,1H3,(H,19,20). The van der Waals surface area contributed by atoms with Crippen LogP contribution < -0.4 is 5.32 Å². The molecule has 0 aliphatic carbocycles. The molecule has 2 aromatic rings. The van der Waals surface area contributed by atoms with Gasteiger partial charge in [-0.2, -0.15) is 0 Å². The Kier molecular flexibility index (Phi) is 4.93. The molecule has 20 heavy (non-hydrogen) atoms. The Labute approximate surface area is 122 Å². The van der Waals surface area contributed by atoms with Crippen LogP contribution in [0.5, 0.6) is 0 Å². The summed E-state index contributed by atoms with van der Waals surface area (Å²) in [6.07, 6.45) is 3.14. The number of halogens is 1. The summed E-state index contributed by atoms with van der Waals surface area (Å²) in [6, 6.07) is 6.92. The predicted molar refractivity (Wildman–Crippen MR) is 79.9 cm³/mol. The van der Waals surface area contributed by atoms with Gasteiger partial charge < -0.3 is 10.4 Å². The molecule has 1 aromatic heterocycles. The fourth-order valence-corrected chi connectivity index (χ4v) is 2.39. The number of nitrogens with one attached hydrogen (secondary N) is 1. The first-order valence-electron chi connectivity index (χ1n) is 6.61. The normalized spacial score (nSPS) is 12.5. The zero-order chi connectivity index (χ0) is 14.5. The maximum absolute atomic E-state index is 11.1. The van der Waals surface area contributed by atoms with E-state index in [1.807, 2.05) is 31.2 Å². The molecular weight excluding hydrogens is 276 g/mol. The van der Waals surface area contributed by atoms with Gasteiger partial charge in [-0.15, -0.1) is 0 Å². The summed E-state index contributed by atoms with van der Waals surface area (Å²) in [5, 5.41) is 13.7. The molecule has 0 bridgehead atoms. The molecule has 1 heterocycles. The first kappa shape index (κ1) is 14.8. The first-order valence-corrected chi connectivity index (χ1v) is 6.99. The van der Waals surface area contributed by atoms with Crippen molar-refractivity contribution in [3.05, 3.63) is 41.0 Å². The zero-order valence-electron chi connectivity index (χ0n) is 11.3. The minimum atomic E-state index is -0.821. The highest BCUT2D eigenvalue weighted by Crippen LogP contribution is 2.24. The molecule has 2 rings (SSSR count). The van der Waals surface area contributed by atoms with Gasteiger partial charge in [-0.05, 0) is 30.2 Å². The van der Waals surface area contributed by atoms with Crippen LogP contribution >= 0.6 is 11.6 Å². The fraction of sp³-hybridized carbons (Fsp3) is 0.333. The third-order valence-electron chi connectivity index (χ3n) is 3.21. The van der Waals surface area contributed by atoms with Gasteiger partial charge in [0.2, 0.25) is 0 Å². The van der Waals surface area contributed by atoms with Crippen molar-refractivity contribution in [2.45, 2.75) is 32.4 Å². The van der Waals surface area contributed by atoms with Crippen LogP contribution in [0.15, 0.2) is 30.5 Å². The molecule has 2 N–H and O–H groups in total. The van der Waals surface area contributed by atoms with E-state index in [1.54, 1.807) is 6.20 Å². The Hall–Kier alpha value is -1.65.